The van der Waals surface area contributed by atoms with Crippen LogP contribution < -0.4 is 0 Å². The molecule has 1 aromatic carbocycles. The third-order valence-electron chi connectivity index (χ3n) is 3.32. The first-order chi connectivity index (χ1) is 8.74. The summed E-state index contributed by atoms with van der Waals surface area (Å²) in [5, 5.41) is 8.81. The molecule has 0 fully saturated rings. The van der Waals surface area contributed by atoms with Crippen LogP contribution in [0.4, 0.5) is 0 Å². The van der Waals surface area contributed by atoms with Crippen LogP contribution in [0.15, 0.2) is 28.9 Å². The summed E-state index contributed by atoms with van der Waals surface area (Å²) in [7, 11) is 0. The van der Waals surface area contributed by atoms with Gasteiger partial charge in [-0.25, -0.2) is 9.78 Å². The molecule has 0 spiro atoms. The van der Waals surface area contributed by atoms with Crippen molar-refractivity contribution in [1.29, 1.82) is 0 Å². The molecule has 1 aliphatic carbocycles. The highest BCUT2D eigenvalue weighted by Crippen LogP contribution is 2.27. The van der Waals surface area contributed by atoms with Gasteiger partial charge in [-0.2, -0.15) is 0 Å². The zero-order valence-corrected chi connectivity index (χ0v) is 9.85. The normalized spacial score (nSPS) is 14.2. The van der Waals surface area contributed by atoms with E-state index in [9.17, 15) is 4.79 Å². The van der Waals surface area contributed by atoms with Crippen LogP contribution in [-0.4, -0.2) is 16.1 Å². The number of benzene rings is 1. The molecule has 0 radical (unpaired) electrons. The Kier molecular flexibility index (Phi) is 2.63. The van der Waals surface area contributed by atoms with Gasteiger partial charge in [-0.1, -0.05) is 6.07 Å². The van der Waals surface area contributed by atoms with Crippen LogP contribution >= 0.6 is 0 Å². The second-order valence-corrected chi connectivity index (χ2v) is 4.53. The molecule has 0 atom stereocenters. The third-order valence-corrected chi connectivity index (χ3v) is 3.32. The van der Waals surface area contributed by atoms with Gasteiger partial charge in [0.2, 0.25) is 5.89 Å². The van der Waals surface area contributed by atoms with E-state index in [1.807, 2.05) is 6.07 Å². The first-order valence-electron chi connectivity index (χ1n) is 6.05. The number of hydrogen-bond acceptors (Lipinski definition) is 3. The van der Waals surface area contributed by atoms with Crippen molar-refractivity contribution in [2.75, 3.05) is 0 Å². The Morgan fingerprint density at radius 3 is 2.72 bits per heavy atom. The predicted molar refractivity (Wildman–Crippen MR) is 65.5 cm³/mol. The molecule has 1 aliphatic rings. The summed E-state index contributed by atoms with van der Waals surface area (Å²) in [5.41, 5.74) is 3.51. The van der Waals surface area contributed by atoms with Crippen molar-refractivity contribution in [2.24, 2.45) is 0 Å². The smallest absolute Gasteiger partial charge is 0.357 e. The lowest BCUT2D eigenvalue weighted by Crippen LogP contribution is -2.02. The van der Waals surface area contributed by atoms with Crippen LogP contribution in [0, 0.1) is 0 Å². The summed E-state index contributed by atoms with van der Waals surface area (Å²) >= 11 is 0. The molecular weight excluding hydrogens is 230 g/mol. The molecule has 1 heterocycles. The summed E-state index contributed by atoms with van der Waals surface area (Å²) in [6, 6.07) is 6.10. The number of rotatable bonds is 2. The standard InChI is InChI=1S/C14H13NO3/c16-14(17)12-8-18-13(15-12)11-6-5-9-3-1-2-4-10(9)7-11/h5-8H,1-4H2,(H,16,17). The van der Waals surface area contributed by atoms with Gasteiger partial charge in [-0.05, 0) is 48.9 Å². The zero-order valence-electron chi connectivity index (χ0n) is 9.85. The van der Waals surface area contributed by atoms with E-state index >= 15 is 0 Å². The lowest BCUT2D eigenvalue weighted by Gasteiger charge is -2.15. The predicted octanol–water partition coefficient (Wildman–Crippen LogP) is 2.92. The molecule has 92 valence electrons. The lowest BCUT2D eigenvalue weighted by molar-refractivity contribution is 0.0690. The molecule has 4 nitrogen and oxygen atoms in total. The van der Waals surface area contributed by atoms with E-state index in [-0.39, 0.29) is 5.69 Å². The van der Waals surface area contributed by atoms with Gasteiger partial charge in [0.1, 0.15) is 6.26 Å². The van der Waals surface area contributed by atoms with Gasteiger partial charge >= 0.3 is 5.97 Å². The van der Waals surface area contributed by atoms with Crippen LogP contribution in [0.2, 0.25) is 0 Å². The second kappa shape index (κ2) is 4.29. The van der Waals surface area contributed by atoms with E-state index in [1.165, 1.54) is 30.2 Å². The van der Waals surface area contributed by atoms with E-state index in [2.05, 4.69) is 17.1 Å². The fraction of sp³-hybridized carbons (Fsp3) is 0.286. The average molecular weight is 243 g/mol. The molecule has 0 bridgehead atoms. The van der Waals surface area contributed by atoms with Crippen LogP contribution in [0.1, 0.15) is 34.5 Å². The Balaban J connectivity index is 1.98. The molecule has 1 N–H and O–H groups in total. The molecular formula is C14H13NO3. The summed E-state index contributed by atoms with van der Waals surface area (Å²) in [4.78, 5) is 14.7. The fourth-order valence-corrected chi connectivity index (χ4v) is 2.37. The number of carboxylic acids is 1. The molecule has 1 aromatic heterocycles. The minimum atomic E-state index is -1.07. The van der Waals surface area contributed by atoms with Gasteiger partial charge in [0.05, 0.1) is 0 Å². The highest BCUT2D eigenvalue weighted by Gasteiger charge is 2.14. The quantitative estimate of drug-likeness (QED) is 0.880. The van der Waals surface area contributed by atoms with E-state index in [1.54, 1.807) is 0 Å². The molecule has 3 rings (SSSR count). The molecule has 0 amide bonds. The van der Waals surface area contributed by atoms with Crippen molar-refractivity contribution in [2.45, 2.75) is 25.7 Å². The number of carbonyl (C=O) groups is 1. The Bertz CT molecular complexity index is 601. The van der Waals surface area contributed by atoms with Gasteiger partial charge in [0.25, 0.3) is 0 Å². The molecule has 4 heteroatoms. The van der Waals surface area contributed by atoms with Gasteiger partial charge in [0, 0.05) is 5.56 Å². The molecule has 0 unspecified atom stereocenters. The van der Waals surface area contributed by atoms with Crippen LogP contribution in [0.5, 0.6) is 0 Å². The van der Waals surface area contributed by atoms with Crippen molar-refractivity contribution < 1.29 is 14.3 Å². The Hall–Kier alpha value is -2.10. The number of fused-ring (bicyclic) bond motifs is 1. The molecule has 0 aliphatic heterocycles. The topological polar surface area (TPSA) is 63.3 Å². The number of nitrogens with zero attached hydrogens (tertiary/aromatic N) is 1. The maximum atomic E-state index is 10.8. The maximum Gasteiger partial charge on any atom is 0.357 e. The monoisotopic (exact) mass is 243 g/mol. The summed E-state index contributed by atoms with van der Waals surface area (Å²) in [6.07, 6.45) is 5.84. The first-order valence-corrected chi connectivity index (χ1v) is 6.05. The second-order valence-electron chi connectivity index (χ2n) is 4.53. The highest BCUT2D eigenvalue weighted by molar-refractivity contribution is 5.85. The molecule has 2 aromatic rings. The number of aromatic nitrogens is 1. The fourth-order valence-electron chi connectivity index (χ4n) is 2.37. The summed E-state index contributed by atoms with van der Waals surface area (Å²) in [6.45, 7) is 0. The van der Waals surface area contributed by atoms with Gasteiger partial charge in [0.15, 0.2) is 5.69 Å². The van der Waals surface area contributed by atoms with Gasteiger partial charge in [-0.3, -0.25) is 0 Å². The summed E-state index contributed by atoms with van der Waals surface area (Å²) < 4.78 is 5.21. The summed E-state index contributed by atoms with van der Waals surface area (Å²) in [5.74, 6) is -0.691. The third kappa shape index (κ3) is 1.90. The lowest BCUT2D eigenvalue weighted by atomic mass is 9.90. The SMILES string of the molecule is O=C(O)c1coc(-c2ccc3c(c2)CCCC3)n1. The zero-order chi connectivity index (χ0) is 12.5. The largest absolute Gasteiger partial charge is 0.476 e. The Morgan fingerprint density at radius 2 is 2.00 bits per heavy atom. The Labute approximate surface area is 104 Å². The molecule has 18 heavy (non-hydrogen) atoms. The minimum Gasteiger partial charge on any atom is -0.476 e. The number of aromatic carboxylic acids is 1. The van der Waals surface area contributed by atoms with E-state index in [0.29, 0.717) is 5.89 Å². The maximum absolute atomic E-state index is 10.8. The van der Waals surface area contributed by atoms with Crippen LogP contribution in [-0.2, 0) is 12.8 Å². The number of carboxylic acid groups (broad SMARTS) is 1. The van der Waals surface area contributed by atoms with Crippen molar-refractivity contribution in [3.8, 4) is 11.5 Å². The van der Waals surface area contributed by atoms with Gasteiger partial charge < -0.3 is 9.52 Å². The van der Waals surface area contributed by atoms with Crippen molar-refractivity contribution >= 4 is 5.97 Å². The minimum absolute atomic E-state index is 0.0530. The average Bonchev–Trinajstić information content (AvgIpc) is 2.88. The van der Waals surface area contributed by atoms with Crippen molar-refractivity contribution in [3.63, 3.8) is 0 Å². The van der Waals surface area contributed by atoms with Crippen molar-refractivity contribution in [3.05, 3.63) is 41.3 Å². The van der Waals surface area contributed by atoms with E-state index in [4.69, 9.17) is 9.52 Å². The van der Waals surface area contributed by atoms with Crippen LogP contribution in [0.25, 0.3) is 11.5 Å². The highest BCUT2D eigenvalue weighted by atomic mass is 16.4. The van der Waals surface area contributed by atoms with E-state index in [0.717, 1.165) is 18.4 Å². The van der Waals surface area contributed by atoms with Crippen molar-refractivity contribution in [1.82, 2.24) is 4.98 Å². The number of oxazole rings is 1. The van der Waals surface area contributed by atoms with E-state index < -0.39 is 5.97 Å². The number of aryl methyl sites for hydroxylation is 2. The molecule has 0 saturated carbocycles. The molecule has 0 saturated heterocycles. The van der Waals surface area contributed by atoms with Crippen LogP contribution in [0.3, 0.4) is 0 Å². The Morgan fingerprint density at radius 1 is 1.22 bits per heavy atom. The first kappa shape index (κ1) is 11.0. The number of hydrogen-bond donors (Lipinski definition) is 1. The van der Waals surface area contributed by atoms with Gasteiger partial charge in [-0.15, -0.1) is 0 Å².